The molecule has 0 aromatic heterocycles. The average Bonchev–Trinajstić information content (AvgIpc) is 2.63. The number of hydrogen-bond donors (Lipinski definition) is 1. The van der Waals surface area contributed by atoms with Crippen molar-refractivity contribution in [3.63, 3.8) is 0 Å². The van der Waals surface area contributed by atoms with Crippen LogP contribution in [0.2, 0.25) is 5.02 Å². The van der Waals surface area contributed by atoms with E-state index in [1.54, 1.807) is 43.3 Å². The lowest BCUT2D eigenvalue weighted by Gasteiger charge is -2.12. The molecule has 0 saturated heterocycles. The number of anilines is 1. The molecule has 0 fully saturated rings. The SMILES string of the molecule is CCOc1cccc(/C=C(\C#N)C(=O)Nc2cccc(Cl)c2C)c1OC. The van der Waals surface area contributed by atoms with Crippen LogP contribution in [0.5, 0.6) is 11.5 Å². The third-order valence-corrected chi connectivity index (χ3v) is 4.10. The number of hydrogen-bond acceptors (Lipinski definition) is 4. The normalized spacial score (nSPS) is 10.8. The maximum absolute atomic E-state index is 12.5. The molecule has 1 amide bonds. The van der Waals surface area contributed by atoms with Crippen LogP contribution in [0.4, 0.5) is 5.69 Å². The lowest BCUT2D eigenvalue weighted by Crippen LogP contribution is -2.14. The van der Waals surface area contributed by atoms with E-state index in [0.717, 1.165) is 5.56 Å². The Morgan fingerprint density at radius 2 is 2.04 bits per heavy atom. The van der Waals surface area contributed by atoms with Crippen LogP contribution < -0.4 is 14.8 Å². The summed E-state index contributed by atoms with van der Waals surface area (Å²) < 4.78 is 10.9. The average molecular weight is 371 g/mol. The van der Waals surface area contributed by atoms with Crippen LogP contribution in [0.3, 0.4) is 0 Å². The summed E-state index contributed by atoms with van der Waals surface area (Å²) in [4.78, 5) is 12.5. The van der Waals surface area contributed by atoms with E-state index in [1.807, 2.05) is 13.0 Å². The van der Waals surface area contributed by atoms with E-state index >= 15 is 0 Å². The topological polar surface area (TPSA) is 71.3 Å². The molecule has 0 unspecified atom stereocenters. The van der Waals surface area contributed by atoms with Crippen LogP contribution in [0.25, 0.3) is 6.08 Å². The van der Waals surface area contributed by atoms with E-state index in [4.69, 9.17) is 21.1 Å². The summed E-state index contributed by atoms with van der Waals surface area (Å²) in [5.74, 6) is 0.489. The number of nitrogens with one attached hydrogen (secondary N) is 1. The van der Waals surface area contributed by atoms with Gasteiger partial charge in [-0.15, -0.1) is 0 Å². The minimum atomic E-state index is -0.526. The lowest BCUT2D eigenvalue weighted by molar-refractivity contribution is -0.112. The number of nitrogens with zero attached hydrogens (tertiary/aromatic N) is 1. The number of para-hydroxylation sites is 1. The van der Waals surface area contributed by atoms with Gasteiger partial charge in [0.2, 0.25) is 0 Å². The maximum atomic E-state index is 12.5. The van der Waals surface area contributed by atoms with Gasteiger partial charge in [-0.05, 0) is 43.7 Å². The van der Waals surface area contributed by atoms with Gasteiger partial charge >= 0.3 is 0 Å². The molecule has 6 heteroatoms. The van der Waals surface area contributed by atoms with Gasteiger partial charge in [0.15, 0.2) is 11.5 Å². The minimum absolute atomic E-state index is 0.0590. The Morgan fingerprint density at radius 3 is 2.69 bits per heavy atom. The van der Waals surface area contributed by atoms with Crippen molar-refractivity contribution in [1.29, 1.82) is 5.26 Å². The van der Waals surface area contributed by atoms with E-state index in [1.165, 1.54) is 13.2 Å². The Morgan fingerprint density at radius 1 is 1.31 bits per heavy atom. The zero-order valence-electron chi connectivity index (χ0n) is 14.8. The molecule has 2 aromatic rings. The number of halogens is 1. The monoisotopic (exact) mass is 370 g/mol. The summed E-state index contributed by atoms with van der Waals surface area (Å²) in [5, 5.41) is 12.7. The van der Waals surface area contributed by atoms with Crippen LogP contribution in [0, 0.1) is 18.3 Å². The van der Waals surface area contributed by atoms with Gasteiger partial charge in [0.1, 0.15) is 11.6 Å². The van der Waals surface area contributed by atoms with Gasteiger partial charge in [-0.3, -0.25) is 4.79 Å². The lowest BCUT2D eigenvalue weighted by atomic mass is 10.1. The Bertz CT molecular complexity index is 885. The third kappa shape index (κ3) is 4.35. The predicted octanol–water partition coefficient (Wildman–Crippen LogP) is 4.60. The first-order chi connectivity index (χ1) is 12.5. The fourth-order valence-electron chi connectivity index (χ4n) is 2.37. The van der Waals surface area contributed by atoms with Crippen molar-refractivity contribution >= 4 is 29.3 Å². The third-order valence-electron chi connectivity index (χ3n) is 3.69. The maximum Gasteiger partial charge on any atom is 0.266 e. The van der Waals surface area contributed by atoms with Gasteiger partial charge in [-0.25, -0.2) is 0 Å². The summed E-state index contributed by atoms with van der Waals surface area (Å²) in [6.07, 6.45) is 1.47. The number of nitriles is 1. The van der Waals surface area contributed by atoms with Gasteiger partial charge in [0.25, 0.3) is 5.91 Å². The summed E-state index contributed by atoms with van der Waals surface area (Å²) in [7, 11) is 1.51. The van der Waals surface area contributed by atoms with E-state index < -0.39 is 5.91 Å². The molecule has 0 bridgehead atoms. The van der Waals surface area contributed by atoms with Crippen molar-refractivity contribution in [3.8, 4) is 17.6 Å². The molecular weight excluding hydrogens is 352 g/mol. The molecule has 2 aromatic carbocycles. The Kier molecular flexibility index (Phi) is 6.65. The highest BCUT2D eigenvalue weighted by molar-refractivity contribution is 6.31. The molecule has 0 saturated carbocycles. The molecule has 26 heavy (non-hydrogen) atoms. The Labute approximate surface area is 157 Å². The van der Waals surface area contributed by atoms with Crippen LogP contribution in [-0.4, -0.2) is 19.6 Å². The van der Waals surface area contributed by atoms with Crippen LogP contribution >= 0.6 is 11.6 Å². The summed E-state index contributed by atoms with van der Waals surface area (Å²) in [6.45, 7) is 4.13. The molecule has 0 aliphatic rings. The van der Waals surface area contributed by atoms with E-state index in [2.05, 4.69) is 5.32 Å². The molecule has 2 rings (SSSR count). The van der Waals surface area contributed by atoms with Crippen molar-refractivity contribution in [2.24, 2.45) is 0 Å². The number of rotatable bonds is 6. The van der Waals surface area contributed by atoms with Crippen LogP contribution in [0.1, 0.15) is 18.1 Å². The molecule has 0 atom stereocenters. The largest absolute Gasteiger partial charge is 0.492 e. The fraction of sp³-hybridized carbons (Fsp3) is 0.200. The second-order valence-corrected chi connectivity index (χ2v) is 5.76. The predicted molar refractivity (Wildman–Crippen MR) is 103 cm³/mol. The molecule has 0 aliphatic carbocycles. The number of amides is 1. The number of benzene rings is 2. The van der Waals surface area contributed by atoms with Gasteiger partial charge < -0.3 is 14.8 Å². The Balaban J connectivity index is 2.36. The van der Waals surface area contributed by atoms with E-state index in [0.29, 0.717) is 34.4 Å². The zero-order valence-corrected chi connectivity index (χ0v) is 15.6. The number of carbonyl (C=O) groups excluding carboxylic acids is 1. The standard InChI is InChI=1S/C20H19ClN2O3/c1-4-26-18-10-5-7-14(19(18)25-3)11-15(12-22)20(24)23-17-9-6-8-16(21)13(17)2/h5-11H,4H2,1-3H3,(H,23,24)/b15-11+. The molecular formula is C20H19ClN2O3. The summed E-state index contributed by atoms with van der Waals surface area (Å²) in [5.41, 5.74) is 1.80. The molecule has 1 N–H and O–H groups in total. The second-order valence-electron chi connectivity index (χ2n) is 5.35. The highest BCUT2D eigenvalue weighted by atomic mass is 35.5. The zero-order chi connectivity index (χ0) is 19.1. The Hall–Kier alpha value is -2.97. The molecule has 0 spiro atoms. The first kappa shape index (κ1) is 19.4. The van der Waals surface area contributed by atoms with Gasteiger partial charge in [0.05, 0.1) is 13.7 Å². The first-order valence-electron chi connectivity index (χ1n) is 7.99. The second kappa shape index (κ2) is 8.93. The molecule has 0 aliphatic heterocycles. The quantitative estimate of drug-likeness (QED) is 0.595. The molecule has 0 radical (unpaired) electrons. The molecule has 0 heterocycles. The van der Waals surface area contributed by atoms with Crippen molar-refractivity contribution in [2.45, 2.75) is 13.8 Å². The fourth-order valence-corrected chi connectivity index (χ4v) is 2.55. The molecule has 134 valence electrons. The van der Waals surface area contributed by atoms with Crippen LogP contribution in [0.15, 0.2) is 42.0 Å². The van der Waals surface area contributed by atoms with Crippen LogP contribution in [-0.2, 0) is 4.79 Å². The number of ether oxygens (including phenoxy) is 2. The van der Waals surface area contributed by atoms with Crippen molar-refractivity contribution in [1.82, 2.24) is 0 Å². The summed E-state index contributed by atoms with van der Waals surface area (Å²) >= 11 is 6.07. The minimum Gasteiger partial charge on any atom is -0.492 e. The van der Waals surface area contributed by atoms with Crippen molar-refractivity contribution in [2.75, 3.05) is 19.0 Å². The first-order valence-corrected chi connectivity index (χ1v) is 8.37. The van der Waals surface area contributed by atoms with Gasteiger partial charge in [-0.2, -0.15) is 5.26 Å². The molecule has 5 nitrogen and oxygen atoms in total. The summed E-state index contributed by atoms with van der Waals surface area (Å²) in [6, 6.07) is 12.4. The number of methoxy groups -OCH3 is 1. The van der Waals surface area contributed by atoms with Gasteiger partial charge in [-0.1, -0.05) is 29.8 Å². The van der Waals surface area contributed by atoms with E-state index in [-0.39, 0.29) is 5.57 Å². The smallest absolute Gasteiger partial charge is 0.266 e. The highest BCUT2D eigenvalue weighted by Gasteiger charge is 2.15. The van der Waals surface area contributed by atoms with Crippen molar-refractivity contribution < 1.29 is 14.3 Å². The van der Waals surface area contributed by atoms with Gasteiger partial charge in [0, 0.05) is 16.3 Å². The highest BCUT2D eigenvalue weighted by Crippen LogP contribution is 2.32. The van der Waals surface area contributed by atoms with E-state index in [9.17, 15) is 10.1 Å². The number of carbonyl (C=O) groups is 1. The van der Waals surface area contributed by atoms with Crippen molar-refractivity contribution in [3.05, 3.63) is 58.1 Å².